The molecule has 22 heavy (non-hydrogen) atoms. The summed E-state index contributed by atoms with van der Waals surface area (Å²) in [5.41, 5.74) is 3.43. The summed E-state index contributed by atoms with van der Waals surface area (Å²) in [6.07, 6.45) is 4.04. The van der Waals surface area contributed by atoms with Gasteiger partial charge in [-0.15, -0.1) is 0 Å². The standard InChI is InChI=1S/C19H20N3/c1-3-22-14-13-16(18-11-7-8-12-19(18)22)15-20-21(2)17-9-5-4-6-10-17/h4-15H,3H2,1-2H3/q+1. The SMILES string of the molecule is CC[n+]1ccc(C=NN(C)c2ccccc2)c2ccccc21. The van der Waals surface area contributed by atoms with Crippen LogP contribution < -0.4 is 9.58 Å². The normalized spacial score (nSPS) is 11.2. The van der Waals surface area contributed by atoms with Crippen molar-refractivity contribution in [2.45, 2.75) is 13.5 Å². The van der Waals surface area contributed by atoms with Gasteiger partial charge in [0.2, 0.25) is 5.52 Å². The second-order valence-corrected chi connectivity index (χ2v) is 5.18. The number of nitrogens with zero attached hydrogens (tertiary/aromatic N) is 3. The number of rotatable bonds is 4. The molecule has 3 nitrogen and oxygen atoms in total. The number of fused-ring (bicyclic) bond motifs is 1. The molecular formula is C19H20N3+. The molecule has 2 aromatic carbocycles. The van der Waals surface area contributed by atoms with Crippen molar-refractivity contribution in [2.24, 2.45) is 5.10 Å². The first-order chi connectivity index (χ1) is 10.8. The molecule has 0 atom stereocenters. The largest absolute Gasteiger partial charge is 0.269 e. The molecule has 1 heterocycles. The van der Waals surface area contributed by atoms with Gasteiger partial charge in [0.25, 0.3) is 0 Å². The molecule has 0 saturated carbocycles. The van der Waals surface area contributed by atoms with Gasteiger partial charge >= 0.3 is 0 Å². The lowest BCUT2D eigenvalue weighted by molar-refractivity contribution is -0.667. The highest BCUT2D eigenvalue weighted by Crippen LogP contribution is 2.15. The van der Waals surface area contributed by atoms with Crippen molar-refractivity contribution in [3.8, 4) is 0 Å². The second-order valence-electron chi connectivity index (χ2n) is 5.18. The summed E-state index contributed by atoms with van der Waals surface area (Å²) < 4.78 is 2.24. The van der Waals surface area contributed by atoms with Crippen molar-refractivity contribution in [3.05, 3.63) is 72.4 Å². The highest BCUT2D eigenvalue weighted by atomic mass is 15.4. The fourth-order valence-corrected chi connectivity index (χ4v) is 2.56. The molecule has 3 heteroatoms. The van der Waals surface area contributed by atoms with E-state index in [9.17, 15) is 0 Å². The quantitative estimate of drug-likeness (QED) is 0.408. The smallest absolute Gasteiger partial charge is 0.213 e. The van der Waals surface area contributed by atoms with E-state index in [4.69, 9.17) is 0 Å². The molecule has 0 unspecified atom stereocenters. The van der Waals surface area contributed by atoms with Crippen molar-refractivity contribution in [2.75, 3.05) is 12.1 Å². The van der Waals surface area contributed by atoms with Gasteiger partial charge in [-0.3, -0.25) is 5.01 Å². The average Bonchev–Trinajstić information content (AvgIpc) is 2.60. The van der Waals surface area contributed by atoms with Gasteiger partial charge in [0.05, 0.1) is 17.3 Å². The molecule has 110 valence electrons. The van der Waals surface area contributed by atoms with Crippen LogP contribution in [0, 0.1) is 0 Å². The Kier molecular flexibility index (Phi) is 4.15. The van der Waals surface area contributed by atoms with Gasteiger partial charge in [0.1, 0.15) is 6.54 Å². The molecule has 1 aromatic heterocycles. The maximum absolute atomic E-state index is 4.57. The minimum Gasteiger partial charge on any atom is -0.269 e. The predicted molar refractivity (Wildman–Crippen MR) is 92.3 cm³/mol. The minimum absolute atomic E-state index is 0.960. The van der Waals surface area contributed by atoms with Gasteiger partial charge < -0.3 is 0 Å². The van der Waals surface area contributed by atoms with Gasteiger partial charge in [0.15, 0.2) is 6.20 Å². The Labute approximate surface area is 131 Å². The number of anilines is 1. The maximum atomic E-state index is 4.57. The zero-order valence-electron chi connectivity index (χ0n) is 13.0. The Hall–Kier alpha value is -2.68. The Balaban J connectivity index is 1.96. The van der Waals surface area contributed by atoms with E-state index in [0.717, 1.165) is 17.8 Å². The van der Waals surface area contributed by atoms with Crippen molar-refractivity contribution in [1.82, 2.24) is 0 Å². The summed E-state index contributed by atoms with van der Waals surface area (Å²) >= 11 is 0. The van der Waals surface area contributed by atoms with E-state index in [-0.39, 0.29) is 0 Å². The van der Waals surface area contributed by atoms with Crippen LogP contribution in [-0.2, 0) is 6.54 Å². The topological polar surface area (TPSA) is 19.5 Å². The van der Waals surface area contributed by atoms with E-state index in [1.807, 2.05) is 48.6 Å². The number of para-hydroxylation sites is 2. The lowest BCUT2D eigenvalue weighted by atomic mass is 10.1. The monoisotopic (exact) mass is 290 g/mol. The van der Waals surface area contributed by atoms with Crippen LogP contribution in [0.5, 0.6) is 0 Å². The first kappa shape index (κ1) is 14.3. The number of hydrazone groups is 1. The van der Waals surface area contributed by atoms with Crippen LogP contribution in [0.3, 0.4) is 0 Å². The van der Waals surface area contributed by atoms with Gasteiger partial charge in [-0.25, -0.2) is 0 Å². The fourth-order valence-electron chi connectivity index (χ4n) is 2.56. The van der Waals surface area contributed by atoms with E-state index in [1.54, 1.807) is 0 Å². The zero-order valence-corrected chi connectivity index (χ0v) is 13.0. The number of benzene rings is 2. The molecule has 0 radical (unpaired) electrons. The Morgan fingerprint density at radius 1 is 1.00 bits per heavy atom. The molecular weight excluding hydrogens is 270 g/mol. The van der Waals surface area contributed by atoms with Crippen LogP contribution in [0.1, 0.15) is 12.5 Å². The van der Waals surface area contributed by atoms with Crippen molar-refractivity contribution in [3.63, 3.8) is 0 Å². The number of pyridine rings is 1. The number of hydrogen-bond donors (Lipinski definition) is 0. The minimum atomic E-state index is 0.960. The summed E-state index contributed by atoms with van der Waals surface area (Å²) in [5.74, 6) is 0. The first-order valence-electron chi connectivity index (χ1n) is 7.53. The van der Waals surface area contributed by atoms with Crippen LogP contribution in [-0.4, -0.2) is 13.3 Å². The van der Waals surface area contributed by atoms with Crippen molar-refractivity contribution < 1.29 is 4.57 Å². The third-order valence-electron chi connectivity index (χ3n) is 3.80. The molecule has 0 spiro atoms. The second kappa shape index (κ2) is 6.39. The van der Waals surface area contributed by atoms with Gasteiger partial charge in [-0.05, 0) is 25.1 Å². The molecule has 0 aliphatic rings. The molecule has 3 aromatic rings. The Morgan fingerprint density at radius 2 is 1.73 bits per heavy atom. The van der Waals surface area contributed by atoms with E-state index < -0.39 is 0 Å². The third-order valence-corrected chi connectivity index (χ3v) is 3.80. The lowest BCUT2D eigenvalue weighted by Crippen LogP contribution is -2.32. The van der Waals surface area contributed by atoms with E-state index in [1.165, 1.54) is 10.9 Å². The maximum Gasteiger partial charge on any atom is 0.213 e. The fraction of sp³-hybridized carbons (Fsp3) is 0.158. The van der Waals surface area contributed by atoms with Crippen LogP contribution in [0.25, 0.3) is 10.9 Å². The summed E-state index contributed by atoms with van der Waals surface area (Å²) in [7, 11) is 1.96. The Bertz CT molecular complexity index is 794. The predicted octanol–water partition coefficient (Wildman–Crippen LogP) is 3.62. The highest BCUT2D eigenvalue weighted by Gasteiger charge is 2.09. The van der Waals surface area contributed by atoms with E-state index in [0.29, 0.717) is 0 Å². The number of hydrogen-bond acceptors (Lipinski definition) is 2. The molecule has 0 aliphatic heterocycles. The summed E-state index contributed by atoms with van der Waals surface area (Å²) in [5, 5.41) is 7.67. The first-order valence-corrected chi connectivity index (χ1v) is 7.53. The van der Waals surface area contributed by atoms with E-state index in [2.05, 4.69) is 53.1 Å². The van der Waals surface area contributed by atoms with Gasteiger partial charge in [-0.2, -0.15) is 9.67 Å². The van der Waals surface area contributed by atoms with Crippen molar-refractivity contribution in [1.29, 1.82) is 0 Å². The van der Waals surface area contributed by atoms with Crippen LogP contribution in [0.2, 0.25) is 0 Å². The summed E-state index contributed by atoms with van der Waals surface area (Å²) in [6, 6.07) is 20.7. The van der Waals surface area contributed by atoms with E-state index >= 15 is 0 Å². The molecule has 3 rings (SSSR count). The van der Waals surface area contributed by atoms with Gasteiger partial charge in [-0.1, -0.05) is 30.3 Å². The Morgan fingerprint density at radius 3 is 2.50 bits per heavy atom. The molecule has 0 fully saturated rings. The molecule has 0 N–H and O–H groups in total. The van der Waals surface area contributed by atoms with Crippen LogP contribution in [0.15, 0.2) is 72.0 Å². The van der Waals surface area contributed by atoms with Crippen LogP contribution in [0.4, 0.5) is 5.69 Å². The summed E-state index contributed by atoms with van der Waals surface area (Å²) in [4.78, 5) is 0. The number of aryl methyl sites for hydroxylation is 1. The number of aromatic nitrogens is 1. The molecule has 0 saturated heterocycles. The van der Waals surface area contributed by atoms with Crippen molar-refractivity contribution >= 4 is 22.8 Å². The highest BCUT2D eigenvalue weighted by molar-refractivity contribution is 5.97. The molecule has 0 aliphatic carbocycles. The van der Waals surface area contributed by atoms with Crippen LogP contribution >= 0.6 is 0 Å². The van der Waals surface area contributed by atoms with Gasteiger partial charge in [0, 0.05) is 24.7 Å². The lowest BCUT2D eigenvalue weighted by Gasteiger charge is -2.12. The summed E-state index contributed by atoms with van der Waals surface area (Å²) in [6.45, 7) is 3.12. The third kappa shape index (κ3) is 2.84. The molecule has 0 amide bonds. The average molecular weight is 290 g/mol. The molecule has 0 bridgehead atoms. The zero-order chi connectivity index (χ0) is 15.4.